The summed E-state index contributed by atoms with van der Waals surface area (Å²) < 4.78 is 10.3. The highest BCUT2D eigenvalue weighted by molar-refractivity contribution is 5.69. The van der Waals surface area contributed by atoms with Gasteiger partial charge in [-0.05, 0) is 50.9 Å². The lowest BCUT2D eigenvalue weighted by Gasteiger charge is -2.12. The number of carbonyl (C=O) groups is 2. The fourth-order valence-corrected chi connectivity index (χ4v) is 5.61. The molecule has 6 nitrogen and oxygen atoms in total. The lowest BCUT2D eigenvalue weighted by Crippen LogP contribution is -2.25. The Morgan fingerprint density at radius 2 is 1.10 bits per heavy atom. The molecule has 0 fully saturated rings. The summed E-state index contributed by atoms with van der Waals surface area (Å²) in [7, 11) is 0. The van der Waals surface area contributed by atoms with Crippen LogP contribution in [0, 0.1) is 5.92 Å². The predicted octanol–water partition coefficient (Wildman–Crippen LogP) is 11.8. The number of allylic oxidation sites excluding steroid dienone is 6. The zero-order valence-electron chi connectivity index (χ0n) is 32.7. The van der Waals surface area contributed by atoms with E-state index in [0.717, 1.165) is 44.4 Å². The molecular formula is C44H78O6. The van der Waals surface area contributed by atoms with E-state index in [1.165, 1.54) is 103 Å². The van der Waals surface area contributed by atoms with Gasteiger partial charge in [-0.15, -0.1) is 0 Å². The summed E-state index contributed by atoms with van der Waals surface area (Å²) in [5.74, 6) is 0.232. The van der Waals surface area contributed by atoms with E-state index in [2.05, 4.69) is 32.9 Å². The summed E-state index contributed by atoms with van der Waals surface area (Å²) in [4.78, 5) is 23.9. The van der Waals surface area contributed by atoms with Gasteiger partial charge in [0.25, 0.3) is 0 Å². The van der Waals surface area contributed by atoms with Crippen molar-refractivity contribution < 1.29 is 29.3 Å². The Balaban J connectivity index is 3.57. The third kappa shape index (κ3) is 37.1. The highest BCUT2D eigenvalue weighted by Gasteiger charge is 2.12. The van der Waals surface area contributed by atoms with E-state index in [-0.39, 0.29) is 31.6 Å². The third-order valence-electron chi connectivity index (χ3n) is 9.19. The molecule has 0 aromatic carbocycles. The molecule has 0 aliphatic rings. The first-order valence-electron chi connectivity index (χ1n) is 20.7. The monoisotopic (exact) mass is 703 g/mol. The normalized spacial score (nSPS) is 13.9. The summed E-state index contributed by atoms with van der Waals surface area (Å²) >= 11 is 0. The second kappa shape index (κ2) is 38.1. The van der Waals surface area contributed by atoms with Gasteiger partial charge in [-0.3, -0.25) is 9.59 Å². The van der Waals surface area contributed by atoms with Crippen LogP contribution in [0.1, 0.15) is 188 Å². The number of aliphatic hydroxyl groups excluding tert-OH is 2. The van der Waals surface area contributed by atoms with Crippen molar-refractivity contribution in [1.29, 1.82) is 0 Å². The van der Waals surface area contributed by atoms with Gasteiger partial charge < -0.3 is 19.7 Å². The fraction of sp³-hybridized carbons (Fsp3) is 0.773. The first kappa shape index (κ1) is 47.8. The van der Waals surface area contributed by atoms with E-state index in [1.54, 1.807) is 6.08 Å². The minimum absolute atomic E-state index is 0.148. The Kier molecular flexibility index (Phi) is 36.4. The molecule has 0 saturated heterocycles. The zero-order valence-corrected chi connectivity index (χ0v) is 32.7. The first-order valence-corrected chi connectivity index (χ1v) is 20.7. The predicted molar refractivity (Wildman–Crippen MR) is 211 cm³/mol. The molecule has 0 aromatic heterocycles. The molecule has 0 amide bonds. The SMILES string of the molecule is CCCCC/C=C\C[C@@H](O)/C=C/C=C\C/C=C\CCCC(=O)OC[C@H](O)COC(=O)CCCCCCCCCCCCCCCCC(C)CC. The fourth-order valence-electron chi connectivity index (χ4n) is 5.61. The van der Waals surface area contributed by atoms with Crippen molar-refractivity contribution in [1.82, 2.24) is 0 Å². The summed E-state index contributed by atoms with van der Waals surface area (Å²) in [6.45, 7) is 6.54. The van der Waals surface area contributed by atoms with Crippen molar-refractivity contribution in [2.75, 3.05) is 13.2 Å². The van der Waals surface area contributed by atoms with Gasteiger partial charge in [-0.25, -0.2) is 0 Å². The van der Waals surface area contributed by atoms with E-state index in [4.69, 9.17) is 9.47 Å². The van der Waals surface area contributed by atoms with Crippen molar-refractivity contribution in [2.24, 2.45) is 5.92 Å². The highest BCUT2D eigenvalue weighted by atomic mass is 16.6. The molecule has 1 unspecified atom stereocenters. The van der Waals surface area contributed by atoms with E-state index in [0.29, 0.717) is 19.3 Å². The van der Waals surface area contributed by atoms with E-state index >= 15 is 0 Å². The standard InChI is InChI=1S/C44H78O6/c1-4-6-7-8-24-29-34-41(45)35-30-25-20-17-18-22-27-32-37-44(48)50-39-42(46)38-49-43(47)36-31-26-21-16-14-12-10-9-11-13-15-19-23-28-33-40(3)5-2/h18,20,22,24-25,29-30,35,40-42,45-46H,4-17,19,21,23,26-28,31-34,36-39H2,1-3H3/b22-18-,25-20-,29-24-,35-30+/t40?,41-,42-/m1/s1. The molecule has 6 heteroatoms. The number of aliphatic hydroxyl groups is 2. The van der Waals surface area contributed by atoms with Gasteiger partial charge in [-0.2, -0.15) is 0 Å². The zero-order chi connectivity index (χ0) is 36.8. The molecule has 0 bridgehead atoms. The van der Waals surface area contributed by atoms with Crippen LogP contribution in [0.5, 0.6) is 0 Å². The van der Waals surface area contributed by atoms with Crippen LogP contribution in [0.3, 0.4) is 0 Å². The minimum atomic E-state index is -1.00. The van der Waals surface area contributed by atoms with Crippen molar-refractivity contribution in [3.63, 3.8) is 0 Å². The molecule has 0 rings (SSSR count). The summed E-state index contributed by atoms with van der Waals surface area (Å²) in [6, 6.07) is 0. The van der Waals surface area contributed by atoms with Crippen LogP contribution < -0.4 is 0 Å². The molecule has 290 valence electrons. The maximum absolute atomic E-state index is 12.0. The average Bonchev–Trinajstić information content (AvgIpc) is 3.11. The molecule has 0 spiro atoms. The maximum Gasteiger partial charge on any atom is 0.305 e. The average molecular weight is 703 g/mol. The quantitative estimate of drug-likeness (QED) is 0.0292. The Hall–Kier alpha value is -2.18. The third-order valence-corrected chi connectivity index (χ3v) is 9.19. The Morgan fingerprint density at radius 3 is 1.68 bits per heavy atom. The lowest BCUT2D eigenvalue weighted by atomic mass is 9.99. The van der Waals surface area contributed by atoms with Crippen molar-refractivity contribution in [2.45, 2.75) is 200 Å². The van der Waals surface area contributed by atoms with Crippen molar-refractivity contribution in [3.8, 4) is 0 Å². The second-order valence-electron chi connectivity index (χ2n) is 14.2. The van der Waals surface area contributed by atoms with E-state index < -0.39 is 12.2 Å². The molecule has 2 N–H and O–H groups in total. The molecule has 0 radical (unpaired) electrons. The first-order chi connectivity index (χ1) is 24.4. The van der Waals surface area contributed by atoms with Gasteiger partial charge in [0, 0.05) is 12.8 Å². The molecule has 50 heavy (non-hydrogen) atoms. The van der Waals surface area contributed by atoms with E-state index in [1.807, 2.05) is 30.4 Å². The summed E-state index contributed by atoms with van der Waals surface area (Å²) in [5, 5.41) is 20.0. The van der Waals surface area contributed by atoms with Gasteiger partial charge in [-0.1, -0.05) is 179 Å². The van der Waals surface area contributed by atoms with Crippen LogP contribution in [-0.2, 0) is 19.1 Å². The Bertz CT molecular complexity index is 876. The van der Waals surface area contributed by atoms with Crippen LogP contribution in [-0.4, -0.2) is 47.6 Å². The van der Waals surface area contributed by atoms with Crippen molar-refractivity contribution in [3.05, 3.63) is 48.6 Å². The van der Waals surface area contributed by atoms with Crippen molar-refractivity contribution >= 4 is 11.9 Å². The maximum atomic E-state index is 12.0. The second-order valence-corrected chi connectivity index (χ2v) is 14.2. The van der Waals surface area contributed by atoms with Crippen LogP contribution in [0.2, 0.25) is 0 Å². The molecule has 0 aliphatic heterocycles. The number of ether oxygens (including phenoxy) is 2. The Morgan fingerprint density at radius 1 is 0.580 bits per heavy atom. The number of unbranched alkanes of at least 4 members (excludes halogenated alkanes) is 17. The lowest BCUT2D eigenvalue weighted by molar-refractivity contribution is -0.152. The van der Waals surface area contributed by atoms with Gasteiger partial charge in [0.05, 0.1) is 6.10 Å². The Labute approximate surface area is 308 Å². The summed E-state index contributed by atoms with van der Waals surface area (Å²) in [6.07, 6.45) is 43.4. The van der Waals surface area contributed by atoms with Gasteiger partial charge in [0.1, 0.15) is 19.3 Å². The van der Waals surface area contributed by atoms with E-state index in [9.17, 15) is 19.8 Å². The van der Waals surface area contributed by atoms with Crippen LogP contribution >= 0.6 is 0 Å². The molecule has 0 saturated carbocycles. The number of hydrogen-bond acceptors (Lipinski definition) is 6. The molecule has 0 heterocycles. The molecule has 3 atom stereocenters. The minimum Gasteiger partial charge on any atom is -0.463 e. The molecule has 0 aromatic rings. The van der Waals surface area contributed by atoms with Gasteiger partial charge >= 0.3 is 11.9 Å². The smallest absolute Gasteiger partial charge is 0.305 e. The van der Waals surface area contributed by atoms with Crippen LogP contribution in [0.4, 0.5) is 0 Å². The van der Waals surface area contributed by atoms with Crippen LogP contribution in [0.25, 0.3) is 0 Å². The van der Waals surface area contributed by atoms with Gasteiger partial charge in [0.15, 0.2) is 0 Å². The topological polar surface area (TPSA) is 93.1 Å². The largest absolute Gasteiger partial charge is 0.463 e. The number of carbonyl (C=O) groups excluding carboxylic acids is 2. The number of rotatable bonds is 36. The molecular weight excluding hydrogens is 624 g/mol. The van der Waals surface area contributed by atoms with Gasteiger partial charge in [0.2, 0.25) is 0 Å². The van der Waals surface area contributed by atoms with Crippen LogP contribution in [0.15, 0.2) is 48.6 Å². The number of esters is 2. The highest BCUT2D eigenvalue weighted by Crippen LogP contribution is 2.16. The number of hydrogen-bond donors (Lipinski definition) is 2. The molecule has 0 aliphatic carbocycles. The summed E-state index contributed by atoms with van der Waals surface area (Å²) in [5.41, 5.74) is 0.